The Kier molecular flexibility index (Phi) is 15.0. The molecule has 1 unspecified atom stereocenters. The Morgan fingerprint density at radius 1 is 0.614 bits per heavy atom. The van der Waals surface area contributed by atoms with Crippen LogP contribution >= 0.6 is 23.2 Å². The first-order valence-electron chi connectivity index (χ1n) is 21.6. The van der Waals surface area contributed by atoms with Crippen molar-refractivity contribution >= 4 is 79.9 Å². The van der Waals surface area contributed by atoms with Gasteiger partial charge in [0, 0.05) is 32.7 Å². The van der Waals surface area contributed by atoms with E-state index >= 15 is 0 Å². The summed E-state index contributed by atoms with van der Waals surface area (Å²) in [6, 6.07) is 22.4. The van der Waals surface area contributed by atoms with Crippen molar-refractivity contribution < 1.29 is 74.7 Å². The van der Waals surface area contributed by atoms with Gasteiger partial charge >= 0.3 is 24.3 Å². The largest absolute Gasteiger partial charge is 0.493 e. The number of benzene rings is 6. The molecule has 2 aliphatic rings. The Hall–Kier alpha value is -6.92. The van der Waals surface area contributed by atoms with Crippen molar-refractivity contribution in [1.82, 2.24) is 0 Å². The van der Waals surface area contributed by atoms with Gasteiger partial charge in [0.15, 0.2) is 13.2 Å². The van der Waals surface area contributed by atoms with Crippen molar-refractivity contribution in [2.75, 3.05) is 36.2 Å². The van der Waals surface area contributed by atoms with Gasteiger partial charge in [-0.15, -0.1) is 0 Å². The highest BCUT2D eigenvalue weighted by atomic mass is 35.5. The molecule has 368 valence electrons. The summed E-state index contributed by atoms with van der Waals surface area (Å²) in [6.45, 7) is 2.58. The minimum Gasteiger partial charge on any atom is -0.493 e. The lowest BCUT2D eigenvalue weighted by atomic mass is 9.96. The topological polar surface area (TPSA) is 152 Å². The SMILES string of the molecule is CCOc1c2c(c(OCC(F)(F)F)c3ccccc13)C(=O)N(c1ccc(C(CC)C(=O)O)cc1Cl)C2.CCOc1c2c(c(OCC(F)(F)F)c3ccccc13)CN(c1ccc(CC(=O)O)cc1Cl)C2=O. The number of hydrogen-bond acceptors (Lipinski definition) is 8. The molecular formula is C50H42Cl2F6N2O10. The van der Waals surface area contributed by atoms with Gasteiger partial charge in [-0.1, -0.05) is 90.8 Å². The fourth-order valence-corrected chi connectivity index (χ4v) is 9.11. The van der Waals surface area contributed by atoms with Crippen LogP contribution in [-0.4, -0.2) is 72.7 Å². The fraction of sp³-hybridized carbons (Fsp3) is 0.280. The van der Waals surface area contributed by atoms with Crippen LogP contribution < -0.4 is 28.7 Å². The number of rotatable bonds is 15. The van der Waals surface area contributed by atoms with E-state index in [0.717, 1.165) is 0 Å². The number of fused-ring (bicyclic) bond motifs is 4. The third kappa shape index (κ3) is 10.5. The van der Waals surface area contributed by atoms with E-state index < -0.39 is 55.2 Å². The Morgan fingerprint density at radius 3 is 1.44 bits per heavy atom. The fourth-order valence-electron chi connectivity index (χ4n) is 8.52. The van der Waals surface area contributed by atoms with Gasteiger partial charge in [0.25, 0.3) is 11.8 Å². The van der Waals surface area contributed by atoms with Crippen LogP contribution in [0.4, 0.5) is 37.7 Å². The maximum absolute atomic E-state index is 13.6. The zero-order valence-electron chi connectivity index (χ0n) is 37.4. The maximum atomic E-state index is 13.6. The van der Waals surface area contributed by atoms with Crippen molar-refractivity contribution in [3.05, 3.63) is 128 Å². The summed E-state index contributed by atoms with van der Waals surface area (Å²) in [5, 5.41) is 20.4. The highest BCUT2D eigenvalue weighted by Gasteiger charge is 2.41. The summed E-state index contributed by atoms with van der Waals surface area (Å²) < 4.78 is 100. The molecule has 2 N–H and O–H groups in total. The van der Waals surface area contributed by atoms with Crippen LogP contribution in [0.15, 0.2) is 84.9 Å². The number of carboxylic acid groups (broad SMARTS) is 2. The van der Waals surface area contributed by atoms with E-state index in [4.69, 9.17) is 47.3 Å². The van der Waals surface area contributed by atoms with Gasteiger partial charge < -0.3 is 39.0 Å². The molecule has 6 aromatic carbocycles. The van der Waals surface area contributed by atoms with Crippen LogP contribution in [-0.2, 0) is 29.1 Å². The van der Waals surface area contributed by atoms with Crippen molar-refractivity contribution in [3.63, 3.8) is 0 Å². The number of nitrogens with zero attached hydrogens (tertiary/aromatic N) is 2. The summed E-state index contributed by atoms with van der Waals surface area (Å²) in [4.78, 5) is 52.3. The van der Waals surface area contributed by atoms with Gasteiger partial charge in [-0.05, 0) is 55.7 Å². The zero-order valence-corrected chi connectivity index (χ0v) is 38.9. The van der Waals surface area contributed by atoms with E-state index in [1.807, 2.05) is 0 Å². The van der Waals surface area contributed by atoms with Gasteiger partial charge in [0.2, 0.25) is 0 Å². The molecular weight excluding hydrogens is 973 g/mol. The molecule has 70 heavy (non-hydrogen) atoms. The molecule has 2 aliphatic heterocycles. The second-order valence-corrected chi connectivity index (χ2v) is 16.8. The third-order valence-electron chi connectivity index (χ3n) is 11.4. The molecule has 0 saturated heterocycles. The number of alkyl halides is 6. The third-order valence-corrected chi connectivity index (χ3v) is 12.0. The zero-order chi connectivity index (χ0) is 50.8. The minimum absolute atomic E-state index is 0.00802. The van der Waals surface area contributed by atoms with Crippen LogP contribution in [0.25, 0.3) is 21.5 Å². The molecule has 0 aromatic heterocycles. The molecule has 1 atom stereocenters. The quantitative estimate of drug-likeness (QED) is 0.0951. The molecule has 2 heterocycles. The molecule has 2 amide bonds. The number of anilines is 2. The molecule has 8 rings (SSSR count). The lowest BCUT2D eigenvalue weighted by Gasteiger charge is -2.19. The number of carboxylic acids is 2. The van der Waals surface area contributed by atoms with Gasteiger partial charge in [0.1, 0.15) is 23.0 Å². The predicted octanol–water partition coefficient (Wildman–Crippen LogP) is 12.2. The Bertz CT molecular complexity index is 3040. The molecule has 0 saturated carbocycles. The van der Waals surface area contributed by atoms with Gasteiger partial charge in [-0.3, -0.25) is 19.2 Å². The van der Waals surface area contributed by atoms with Crippen LogP contribution in [0.1, 0.15) is 76.1 Å². The number of ether oxygens (including phenoxy) is 4. The Labute approximate surface area is 405 Å². The smallest absolute Gasteiger partial charge is 0.422 e. The number of carbonyl (C=O) groups excluding carboxylic acids is 2. The molecule has 0 radical (unpaired) electrons. The number of aliphatic carboxylic acids is 2. The van der Waals surface area contributed by atoms with Crippen LogP contribution in [0, 0.1) is 0 Å². The van der Waals surface area contributed by atoms with E-state index in [-0.39, 0.29) is 76.7 Å². The first-order chi connectivity index (χ1) is 33.2. The Balaban J connectivity index is 0.000000207. The van der Waals surface area contributed by atoms with E-state index in [1.54, 1.807) is 81.4 Å². The minimum atomic E-state index is -4.60. The van der Waals surface area contributed by atoms with Crippen molar-refractivity contribution in [2.24, 2.45) is 0 Å². The molecule has 0 aliphatic carbocycles. The second kappa shape index (κ2) is 20.6. The van der Waals surface area contributed by atoms with Crippen LogP contribution in [0.2, 0.25) is 10.0 Å². The highest BCUT2D eigenvalue weighted by molar-refractivity contribution is 6.35. The van der Waals surface area contributed by atoms with Crippen molar-refractivity contribution in [3.8, 4) is 23.0 Å². The van der Waals surface area contributed by atoms with Gasteiger partial charge in [0.05, 0.1) is 71.2 Å². The summed E-state index contributed by atoms with van der Waals surface area (Å²) in [6.07, 6.45) is -9.07. The lowest BCUT2D eigenvalue weighted by molar-refractivity contribution is -0.154. The summed E-state index contributed by atoms with van der Waals surface area (Å²) >= 11 is 12.9. The van der Waals surface area contributed by atoms with E-state index in [9.17, 15) is 50.6 Å². The maximum Gasteiger partial charge on any atom is 0.422 e. The van der Waals surface area contributed by atoms with Crippen LogP contribution in [0.3, 0.4) is 0 Å². The summed E-state index contributed by atoms with van der Waals surface area (Å²) in [7, 11) is 0. The molecule has 0 spiro atoms. The molecule has 12 nitrogen and oxygen atoms in total. The van der Waals surface area contributed by atoms with E-state index in [0.29, 0.717) is 61.8 Å². The first-order valence-corrected chi connectivity index (χ1v) is 22.4. The number of amides is 2. The normalized spacial score (nSPS) is 13.8. The summed E-state index contributed by atoms with van der Waals surface area (Å²) in [5.41, 5.74) is 2.29. The van der Waals surface area contributed by atoms with E-state index in [1.165, 1.54) is 34.1 Å². The van der Waals surface area contributed by atoms with Gasteiger partial charge in [-0.2, -0.15) is 26.3 Å². The molecule has 0 bridgehead atoms. The molecule has 0 fully saturated rings. The van der Waals surface area contributed by atoms with Crippen molar-refractivity contribution in [2.45, 2.75) is 65.0 Å². The second-order valence-electron chi connectivity index (χ2n) is 15.9. The monoisotopic (exact) mass is 1010 g/mol. The predicted molar refractivity (Wildman–Crippen MR) is 249 cm³/mol. The summed E-state index contributed by atoms with van der Waals surface area (Å²) in [5.74, 6) is -3.44. The number of carbonyl (C=O) groups is 4. The molecule has 6 aromatic rings. The van der Waals surface area contributed by atoms with Crippen molar-refractivity contribution in [1.29, 1.82) is 0 Å². The van der Waals surface area contributed by atoms with E-state index in [2.05, 4.69) is 0 Å². The number of hydrogen-bond donors (Lipinski definition) is 2. The highest BCUT2D eigenvalue weighted by Crippen LogP contribution is 2.49. The standard InChI is InChI=1S/C26H23ClF3NO5.C24H19ClF3NO5/c1-3-15(25(33)34)14-9-10-20(19(27)11-14)31-12-18-21(24(31)32)23(36-13-26(28,29)30)17-8-6-5-7-16(17)22(18)35-4-2;1-2-33-22-15-6-4-3-5-14(15)21(34-12-24(26,27)28)16-11-29(23(32)20(16)22)18-8-7-13(9-17(18)25)10-19(30)31/h5-11,15H,3-4,12-13H2,1-2H3,(H,33,34);3-9H,2,10-12H2,1H3,(H,30,31). The average molecular weight is 1020 g/mol. The molecule has 20 heteroatoms. The Morgan fingerprint density at radius 2 is 1.03 bits per heavy atom. The first kappa shape index (κ1) is 50.9. The number of halogens is 8. The van der Waals surface area contributed by atoms with Crippen LogP contribution in [0.5, 0.6) is 23.0 Å². The average Bonchev–Trinajstić information content (AvgIpc) is 3.81. The van der Waals surface area contributed by atoms with Gasteiger partial charge in [-0.25, -0.2) is 0 Å². The lowest BCUT2D eigenvalue weighted by Crippen LogP contribution is -2.24.